The Morgan fingerprint density at radius 1 is 1.10 bits per heavy atom. The van der Waals surface area contributed by atoms with E-state index in [0.29, 0.717) is 28.7 Å². The molecule has 2 amide bonds. The van der Waals surface area contributed by atoms with Crippen molar-refractivity contribution < 1.29 is 14.1 Å². The third-order valence-corrected chi connectivity index (χ3v) is 4.47. The highest BCUT2D eigenvalue weighted by Crippen LogP contribution is 2.21. The molecule has 10 nitrogen and oxygen atoms in total. The van der Waals surface area contributed by atoms with Gasteiger partial charge in [0, 0.05) is 29.8 Å². The average Bonchev–Trinajstić information content (AvgIpc) is 3.47. The van der Waals surface area contributed by atoms with E-state index in [0.717, 1.165) is 5.56 Å². The SMILES string of the molecule is Cc1ccc(NC(=O)c2ccccc2)cc1NC(=O)CCc1nc(-c2ncn[nH]2)no1. The van der Waals surface area contributed by atoms with Crippen LogP contribution in [-0.2, 0) is 11.2 Å². The largest absolute Gasteiger partial charge is 0.339 e. The molecule has 0 spiro atoms. The van der Waals surface area contributed by atoms with Gasteiger partial charge in [-0.15, -0.1) is 0 Å². The number of aryl methyl sites for hydroxylation is 2. The van der Waals surface area contributed by atoms with Gasteiger partial charge in [-0.05, 0) is 36.8 Å². The Morgan fingerprint density at radius 3 is 2.71 bits per heavy atom. The summed E-state index contributed by atoms with van der Waals surface area (Å²) in [6, 6.07) is 14.3. The lowest BCUT2D eigenvalue weighted by Gasteiger charge is -2.11. The number of nitrogens with one attached hydrogen (secondary N) is 3. The van der Waals surface area contributed by atoms with E-state index in [-0.39, 0.29) is 30.5 Å². The summed E-state index contributed by atoms with van der Waals surface area (Å²) in [6.45, 7) is 1.88. The molecule has 0 aliphatic carbocycles. The number of anilines is 2. The zero-order chi connectivity index (χ0) is 21.6. The molecule has 0 bridgehead atoms. The minimum Gasteiger partial charge on any atom is -0.339 e. The Labute approximate surface area is 177 Å². The van der Waals surface area contributed by atoms with E-state index in [4.69, 9.17) is 4.52 Å². The first-order valence-electron chi connectivity index (χ1n) is 9.54. The molecule has 0 radical (unpaired) electrons. The van der Waals surface area contributed by atoms with Crippen LogP contribution in [0, 0.1) is 6.92 Å². The van der Waals surface area contributed by atoms with Crippen molar-refractivity contribution in [3.05, 3.63) is 71.9 Å². The lowest BCUT2D eigenvalue weighted by molar-refractivity contribution is -0.116. The number of carbonyl (C=O) groups excluding carboxylic acids is 2. The predicted molar refractivity (Wildman–Crippen MR) is 112 cm³/mol. The summed E-state index contributed by atoms with van der Waals surface area (Å²) in [5.41, 5.74) is 2.63. The molecule has 31 heavy (non-hydrogen) atoms. The quantitative estimate of drug-likeness (QED) is 0.420. The third kappa shape index (κ3) is 4.99. The minimum atomic E-state index is -0.222. The topological polar surface area (TPSA) is 139 Å². The fourth-order valence-electron chi connectivity index (χ4n) is 2.83. The smallest absolute Gasteiger partial charge is 0.255 e. The van der Waals surface area contributed by atoms with Crippen molar-refractivity contribution >= 4 is 23.2 Å². The molecule has 0 unspecified atom stereocenters. The second-order valence-electron chi connectivity index (χ2n) is 6.74. The van der Waals surface area contributed by atoms with E-state index in [1.165, 1.54) is 6.33 Å². The maximum atomic E-state index is 12.4. The van der Waals surface area contributed by atoms with Gasteiger partial charge in [0.05, 0.1) is 0 Å². The molecule has 0 saturated carbocycles. The van der Waals surface area contributed by atoms with Crippen molar-refractivity contribution in [2.45, 2.75) is 19.8 Å². The first-order chi connectivity index (χ1) is 15.1. The lowest BCUT2D eigenvalue weighted by atomic mass is 10.1. The Hall–Kier alpha value is -4.34. The van der Waals surface area contributed by atoms with Crippen molar-refractivity contribution in [1.82, 2.24) is 25.3 Å². The van der Waals surface area contributed by atoms with E-state index in [1.807, 2.05) is 19.1 Å². The van der Waals surface area contributed by atoms with Crippen LogP contribution in [0.1, 0.15) is 28.2 Å². The molecular weight excluding hydrogens is 398 g/mol. The monoisotopic (exact) mass is 417 g/mol. The maximum Gasteiger partial charge on any atom is 0.255 e. The van der Waals surface area contributed by atoms with Crippen molar-refractivity contribution in [1.29, 1.82) is 0 Å². The van der Waals surface area contributed by atoms with Gasteiger partial charge in [0.15, 0.2) is 5.82 Å². The van der Waals surface area contributed by atoms with Crippen LogP contribution in [0.5, 0.6) is 0 Å². The van der Waals surface area contributed by atoms with Crippen LogP contribution in [0.4, 0.5) is 11.4 Å². The molecule has 2 aromatic heterocycles. The maximum absolute atomic E-state index is 12.4. The van der Waals surface area contributed by atoms with Gasteiger partial charge in [-0.1, -0.05) is 29.4 Å². The summed E-state index contributed by atoms with van der Waals surface area (Å²) in [6.07, 6.45) is 1.77. The number of aromatic nitrogens is 5. The van der Waals surface area contributed by atoms with Crippen LogP contribution in [-0.4, -0.2) is 37.1 Å². The van der Waals surface area contributed by atoms with E-state index in [9.17, 15) is 9.59 Å². The Bertz CT molecular complexity index is 1190. The molecule has 0 aliphatic rings. The standard InChI is InChI=1S/C21H19N7O3/c1-13-7-8-15(24-21(30)14-5-3-2-4-6-14)11-16(13)25-17(29)9-10-18-26-20(28-31-18)19-22-12-23-27-19/h2-8,11-12H,9-10H2,1H3,(H,24,30)(H,25,29)(H,22,23,27). The molecular formula is C21H19N7O3. The van der Waals surface area contributed by atoms with Crippen LogP contribution in [0.3, 0.4) is 0 Å². The molecule has 0 fully saturated rings. The fourth-order valence-corrected chi connectivity index (χ4v) is 2.83. The summed E-state index contributed by atoms with van der Waals surface area (Å²) in [7, 11) is 0. The summed E-state index contributed by atoms with van der Waals surface area (Å²) >= 11 is 0. The summed E-state index contributed by atoms with van der Waals surface area (Å²) < 4.78 is 5.14. The van der Waals surface area contributed by atoms with E-state index < -0.39 is 0 Å². The minimum absolute atomic E-state index is 0.151. The summed E-state index contributed by atoms with van der Waals surface area (Å²) in [5.74, 6) is 0.562. The number of nitrogens with zero attached hydrogens (tertiary/aromatic N) is 4. The molecule has 2 aromatic carbocycles. The van der Waals surface area contributed by atoms with Crippen molar-refractivity contribution in [2.75, 3.05) is 10.6 Å². The number of hydrogen-bond donors (Lipinski definition) is 3. The highest BCUT2D eigenvalue weighted by Gasteiger charge is 2.13. The summed E-state index contributed by atoms with van der Waals surface area (Å²) in [4.78, 5) is 32.9. The van der Waals surface area contributed by atoms with Crippen LogP contribution in [0.25, 0.3) is 11.6 Å². The van der Waals surface area contributed by atoms with Gasteiger partial charge >= 0.3 is 0 Å². The van der Waals surface area contributed by atoms with Crippen LogP contribution in [0.15, 0.2) is 59.4 Å². The third-order valence-electron chi connectivity index (χ3n) is 4.47. The van der Waals surface area contributed by atoms with Crippen LogP contribution in [0.2, 0.25) is 0 Å². The summed E-state index contributed by atoms with van der Waals surface area (Å²) in [5, 5.41) is 15.9. The van der Waals surface area contributed by atoms with Gasteiger partial charge < -0.3 is 15.2 Å². The highest BCUT2D eigenvalue weighted by atomic mass is 16.5. The first kappa shape index (κ1) is 20.0. The lowest BCUT2D eigenvalue weighted by Crippen LogP contribution is -2.15. The molecule has 0 atom stereocenters. The molecule has 0 saturated heterocycles. The normalized spacial score (nSPS) is 10.6. The van der Waals surface area contributed by atoms with Crippen molar-refractivity contribution in [3.63, 3.8) is 0 Å². The van der Waals surface area contributed by atoms with Gasteiger partial charge in [0.2, 0.25) is 17.6 Å². The van der Waals surface area contributed by atoms with E-state index >= 15 is 0 Å². The number of hydrogen-bond acceptors (Lipinski definition) is 7. The first-order valence-corrected chi connectivity index (χ1v) is 9.54. The van der Waals surface area contributed by atoms with Gasteiger partial charge in [-0.2, -0.15) is 10.1 Å². The predicted octanol–water partition coefficient (Wildman–Crippen LogP) is 2.99. The van der Waals surface area contributed by atoms with Crippen molar-refractivity contribution in [3.8, 4) is 11.6 Å². The van der Waals surface area contributed by atoms with Gasteiger partial charge in [0.1, 0.15) is 6.33 Å². The van der Waals surface area contributed by atoms with Gasteiger partial charge in [-0.25, -0.2) is 4.98 Å². The zero-order valence-electron chi connectivity index (χ0n) is 16.6. The van der Waals surface area contributed by atoms with Gasteiger partial charge in [0.25, 0.3) is 5.91 Å². The molecule has 3 N–H and O–H groups in total. The molecule has 4 aromatic rings. The second-order valence-corrected chi connectivity index (χ2v) is 6.74. The Morgan fingerprint density at radius 2 is 1.94 bits per heavy atom. The van der Waals surface area contributed by atoms with Gasteiger partial charge in [-0.3, -0.25) is 14.7 Å². The number of carbonyl (C=O) groups is 2. The van der Waals surface area contributed by atoms with Crippen molar-refractivity contribution in [2.24, 2.45) is 0 Å². The number of H-pyrrole nitrogens is 1. The van der Waals surface area contributed by atoms with Crippen LogP contribution >= 0.6 is 0 Å². The molecule has 2 heterocycles. The molecule has 0 aliphatic heterocycles. The number of rotatable bonds is 7. The molecule has 156 valence electrons. The fraction of sp³-hybridized carbons (Fsp3) is 0.143. The highest BCUT2D eigenvalue weighted by molar-refractivity contribution is 6.04. The molecule has 10 heteroatoms. The Kier molecular flexibility index (Phi) is 5.79. The number of amides is 2. The number of aromatic amines is 1. The second kappa shape index (κ2) is 8.99. The number of benzene rings is 2. The molecule has 4 rings (SSSR count). The van der Waals surface area contributed by atoms with E-state index in [2.05, 4.69) is 36.0 Å². The Balaban J connectivity index is 1.35. The van der Waals surface area contributed by atoms with E-state index in [1.54, 1.807) is 36.4 Å². The average molecular weight is 417 g/mol. The zero-order valence-corrected chi connectivity index (χ0v) is 16.6. The van der Waals surface area contributed by atoms with Crippen LogP contribution < -0.4 is 10.6 Å².